The van der Waals surface area contributed by atoms with Gasteiger partial charge in [-0.15, -0.1) is 0 Å². The number of anilines is 1. The second-order valence-electron chi connectivity index (χ2n) is 11.2. The molecule has 0 spiro atoms. The number of rotatable bonds is 6. The van der Waals surface area contributed by atoms with Gasteiger partial charge in [-0.1, -0.05) is 35.3 Å². The number of nitrogens with zero attached hydrogens (tertiary/aromatic N) is 5. The smallest absolute Gasteiger partial charge is 0.248 e. The van der Waals surface area contributed by atoms with Gasteiger partial charge >= 0.3 is 0 Å². The van der Waals surface area contributed by atoms with Crippen molar-refractivity contribution in [3.63, 3.8) is 0 Å². The van der Waals surface area contributed by atoms with Gasteiger partial charge < -0.3 is 14.2 Å². The first-order valence-electron chi connectivity index (χ1n) is 13.5. The van der Waals surface area contributed by atoms with E-state index in [2.05, 4.69) is 28.6 Å². The Kier molecular flexibility index (Phi) is 7.04. The van der Waals surface area contributed by atoms with E-state index >= 15 is 0 Å². The van der Waals surface area contributed by atoms with Crippen LogP contribution in [0.5, 0.6) is 0 Å². The molecule has 1 aliphatic carbocycles. The SMILES string of the molecule is C[C@@H]1CN(c2cc(Cl)nc3c2ncn3C[C@@H]2CCCO2)[C@@H](C)CN1C(c1ccc(Cl)cc1)C1CC(F)(F)C1. The predicted octanol–water partition coefficient (Wildman–Crippen LogP) is 6.60. The predicted molar refractivity (Wildman–Crippen MR) is 146 cm³/mol. The van der Waals surface area contributed by atoms with Gasteiger partial charge in [0.05, 0.1) is 24.7 Å². The number of hydrogen-bond donors (Lipinski definition) is 0. The topological polar surface area (TPSA) is 46.4 Å². The lowest BCUT2D eigenvalue weighted by Gasteiger charge is -2.52. The van der Waals surface area contributed by atoms with E-state index in [4.69, 9.17) is 32.9 Å². The maximum Gasteiger partial charge on any atom is 0.248 e. The molecule has 3 fully saturated rings. The number of pyridine rings is 1. The maximum absolute atomic E-state index is 14.0. The number of halogens is 4. The van der Waals surface area contributed by atoms with Gasteiger partial charge in [0.15, 0.2) is 5.65 Å². The Morgan fingerprint density at radius 1 is 1.11 bits per heavy atom. The third-order valence-electron chi connectivity index (χ3n) is 8.43. The van der Waals surface area contributed by atoms with Crippen molar-refractivity contribution < 1.29 is 13.5 Å². The summed E-state index contributed by atoms with van der Waals surface area (Å²) in [5.41, 5.74) is 3.60. The van der Waals surface area contributed by atoms with E-state index in [1.165, 1.54) is 0 Å². The highest BCUT2D eigenvalue weighted by Gasteiger charge is 2.51. The lowest BCUT2D eigenvalue weighted by molar-refractivity contribution is -0.137. The summed E-state index contributed by atoms with van der Waals surface area (Å²) in [6, 6.07) is 9.73. The summed E-state index contributed by atoms with van der Waals surface area (Å²) >= 11 is 12.7. The van der Waals surface area contributed by atoms with Gasteiger partial charge in [0.2, 0.25) is 5.92 Å². The van der Waals surface area contributed by atoms with E-state index < -0.39 is 5.92 Å². The van der Waals surface area contributed by atoms with Crippen molar-refractivity contribution in [3.05, 3.63) is 52.4 Å². The van der Waals surface area contributed by atoms with Crippen molar-refractivity contribution in [3.8, 4) is 0 Å². The summed E-state index contributed by atoms with van der Waals surface area (Å²) in [4.78, 5) is 14.1. The number of fused-ring (bicyclic) bond motifs is 1. The summed E-state index contributed by atoms with van der Waals surface area (Å²) in [5, 5.41) is 1.08. The second-order valence-corrected chi connectivity index (χ2v) is 12.1. The fourth-order valence-electron chi connectivity index (χ4n) is 6.55. The first-order chi connectivity index (χ1) is 18.2. The van der Waals surface area contributed by atoms with Crippen LogP contribution >= 0.6 is 23.2 Å². The molecule has 1 unspecified atom stereocenters. The lowest BCUT2D eigenvalue weighted by Crippen LogP contribution is -2.59. The number of hydrogen-bond acceptors (Lipinski definition) is 5. The van der Waals surface area contributed by atoms with Crippen molar-refractivity contribution in [2.24, 2.45) is 5.92 Å². The number of alkyl halides is 2. The average Bonchev–Trinajstić information content (AvgIpc) is 3.51. The van der Waals surface area contributed by atoms with Crippen molar-refractivity contribution >= 4 is 40.1 Å². The van der Waals surface area contributed by atoms with Crippen LogP contribution in [0.3, 0.4) is 0 Å². The van der Waals surface area contributed by atoms with E-state index in [0.29, 0.717) is 16.7 Å². The number of ether oxygens (including phenoxy) is 1. The highest BCUT2D eigenvalue weighted by molar-refractivity contribution is 6.30. The van der Waals surface area contributed by atoms with Crippen LogP contribution in [0.2, 0.25) is 10.2 Å². The Hall–Kier alpha value is -2.00. The van der Waals surface area contributed by atoms with Gasteiger partial charge in [0.25, 0.3) is 0 Å². The van der Waals surface area contributed by atoms with Gasteiger partial charge in [0.1, 0.15) is 10.7 Å². The largest absolute Gasteiger partial charge is 0.376 e. The van der Waals surface area contributed by atoms with Crippen molar-refractivity contribution in [1.29, 1.82) is 0 Å². The second kappa shape index (κ2) is 10.2. The van der Waals surface area contributed by atoms with Gasteiger partial charge in [0, 0.05) is 61.8 Å². The average molecular weight is 565 g/mol. The number of imidazole rings is 1. The Labute approximate surface area is 231 Å². The Bertz CT molecular complexity index is 1290. The molecule has 2 saturated heterocycles. The molecule has 10 heteroatoms. The van der Waals surface area contributed by atoms with Crippen molar-refractivity contribution in [2.45, 2.75) is 76.2 Å². The molecular formula is C28H33Cl2F2N5O. The number of benzene rings is 1. The highest BCUT2D eigenvalue weighted by Crippen LogP contribution is 2.51. The molecule has 204 valence electrons. The summed E-state index contributed by atoms with van der Waals surface area (Å²) in [6.07, 6.45) is 3.95. The van der Waals surface area contributed by atoms with Crippen LogP contribution in [0.1, 0.15) is 51.1 Å². The monoisotopic (exact) mass is 563 g/mol. The minimum Gasteiger partial charge on any atom is -0.376 e. The minimum atomic E-state index is -2.58. The van der Waals surface area contributed by atoms with Gasteiger partial charge in [-0.3, -0.25) is 4.90 Å². The fraction of sp³-hybridized carbons (Fsp3) is 0.571. The molecule has 6 rings (SSSR count). The summed E-state index contributed by atoms with van der Waals surface area (Å²) in [6.45, 7) is 7.31. The summed E-state index contributed by atoms with van der Waals surface area (Å²) in [7, 11) is 0. The standard InChI is InChI=1S/C28H33Cl2F2N5O/c1-17-14-37(26(20-11-28(31,32)12-20)19-5-7-21(29)8-6-19)18(2)13-36(17)23-10-24(30)34-27-25(23)33-16-35(27)15-22-4-3-9-38-22/h5-8,10,16-18,20,22,26H,3-4,9,11-15H2,1-2H3/t17-,18+,22-,26?/m0/s1. The molecule has 0 radical (unpaired) electrons. The third kappa shape index (κ3) is 5.01. The van der Waals surface area contributed by atoms with E-state index in [1.807, 2.05) is 41.2 Å². The van der Waals surface area contributed by atoms with Gasteiger partial charge in [-0.05, 0) is 50.3 Å². The normalized spacial score (nSPS) is 27.1. The van der Waals surface area contributed by atoms with E-state index in [-0.39, 0.29) is 43.0 Å². The molecule has 6 nitrogen and oxygen atoms in total. The zero-order valence-electron chi connectivity index (χ0n) is 21.7. The maximum atomic E-state index is 14.0. The van der Waals surface area contributed by atoms with Crippen molar-refractivity contribution in [1.82, 2.24) is 19.4 Å². The van der Waals surface area contributed by atoms with Crippen LogP contribution in [0.25, 0.3) is 11.2 Å². The van der Waals surface area contributed by atoms with Crippen LogP contribution in [0.4, 0.5) is 14.5 Å². The van der Waals surface area contributed by atoms with Crippen LogP contribution in [-0.4, -0.2) is 63.2 Å². The van der Waals surface area contributed by atoms with Crippen LogP contribution in [-0.2, 0) is 11.3 Å². The summed E-state index contributed by atoms with van der Waals surface area (Å²) < 4.78 is 35.8. The molecule has 0 amide bonds. The quantitative estimate of drug-likeness (QED) is 0.316. The zero-order chi connectivity index (χ0) is 26.6. The molecule has 0 N–H and O–H groups in total. The van der Waals surface area contributed by atoms with Crippen LogP contribution < -0.4 is 4.90 Å². The number of piperazine rings is 1. The van der Waals surface area contributed by atoms with Crippen LogP contribution in [0, 0.1) is 5.92 Å². The van der Waals surface area contributed by atoms with E-state index in [1.54, 1.807) is 0 Å². The first-order valence-corrected chi connectivity index (χ1v) is 14.2. The molecule has 3 aromatic rings. The van der Waals surface area contributed by atoms with E-state index in [0.717, 1.165) is 55.0 Å². The Morgan fingerprint density at radius 3 is 2.55 bits per heavy atom. The molecule has 4 heterocycles. The van der Waals surface area contributed by atoms with E-state index in [9.17, 15) is 8.78 Å². The molecule has 38 heavy (non-hydrogen) atoms. The van der Waals surface area contributed by atoms with Crippen molar-refractivity contribution in [2.75, 3.05) is 24.6 Å². The molecule has 2 aromatic heterocycles. The molecule has 4 atom stereocenters. The zero-order valence-corrected chi connectivity index (χ0v) is 23.2. The fourth-order valence-corrected chi connectivity index (χ4v) is 6.86. The third-order valence-corrected chi connectivity index (χ3v) is 8.87. The molecular weight excluding hydrogens is 531 g/mol. The van der Waals surface area contributed by atoms with Gasteiger partial charge in [-0.25, -0.2) is 18.7 Å². The Balaban J connectivity index is 1.28. The molecule has 3 aliphatic rings. The van der Waals surface area contributed by atoms with Gasteiger partial charge in [-0.2, -0.15) is 0 Å². The minimum absolute atomic E-state index is 0.0790. The Morgan fingerprint density at radius 2 is 1.87 bits per heavy atom. The molecule has 1 saturated carbocycles. The molecule has 1 aromatic carbocycles. The summed E-state index contributed by atoms with van der Waals surface area (Å²) in [5.74, 6) is -2.67. The lowest BCUT2D eigenvalue weighted by atomic mass is 9.73. The number of aromatic nitrogens is 3. The van der Waals surface area contributed by atoms with Crippen LogP contribution in [0.15, 0.2) is 36.7 Å². The first kappa shape index (κ1) is 26.2. The molecule has 0 bridgehead atoms. The molecule has 2 aliphatic heterocycles. The highest BCUT2D eigenvalue weighted by atomic mass is 35.5.